The number of hydrogen-bond donors (Lipinski definition) is 1. The SMILES string of the molecule is CN=C(NCCc1ccc(OC)c(OC)c1OC)N(C)CCc1cccs1.I. The lowest BCUT2D eigenvalue weighted by molar-refractivity contribution is 0.322. The van der Waals surface area contributed by atoms with E-state index in [1.54, 1.807) is 39.7 Å². The predicted molar refractivity (Wildman–Crippen MR) is 127 cm³/mol. The molecular weight excluding hydrogens is 489 g/mol. The van der Waals surface area contributed by atoms with E-state index in [4.69, 9.17) is 14.2 Å². The van der Waals surface area contributed by atoms with Crippen LogP contribution in [-0.4, -0.2) is 59.4 Å². The molecule has 1 aromatic heterocycles. The zero-order valence-corrected chi connectivity index (χ0v) is 20.3. The second-order valence-corrected chi connectivity index (χ2v) is 7.00. The first-order valence-corrected chi connectivity index (χ1v) is 9.74. The number of nitrogens with zero attached hydrogens (tertiary/aromatic N) is 2. The number of likely N-dealkylation sites (N-methyl/N-ethyl adjacent to an activating group) is 1. The van der Waals surface area contributed by atoms with Gasteiger partial charge in [0.05, 0.1) is 21.3 Å². The monoisotopic (exact) mass is 519 g/mol. The molecule has 1 aromatic carbocycles. The molecule has 0 saturated carbocycles. The predicted octanol–water partition coefficient (Wildman–Crippen LogP) is 3.68. The molecule has 0 atom stereocenters. The van der Waals surface area contributed by atoms with E-state index < -0.39 is 0 Å². The van der Waals surface area contributed by atoms with Gasteiger partial charge in [-0.2, -0.15) is 0 Å². The zero-order chi connectivity index (χ0) is 19.6. The summed E-state index contributed by atoms with van der Waals surface area (Å²) >= 11 is 1.79. The molecular formula is C20H30IN3O3S. The topological polar surface area (TPSA) is 55.3 Å². The minimum absolute atomic E-state index is 0. The van der Waals surface area contributed by atoms with Gasteiger partial charge in [-0.1, -0.05) is 12.1 Å². The van der Waals surface area contributed by atoms with Gasteiger partial charge in [-0.05, 0) is 30.4 Å². The van der Waals surface area contributed by atoms with Gasteiger partial charge in [0.2, 0.25) is 5.75 Å². The number of halogens is 1. The fraction of sp³-hybridized carbons (Fsp3) is 0.450. The first kappa shape index (κ1) is 24.4. The summed E-state index contributed by atoms with van der Waals surface area (Å²) in [6.45, 7) is 1.65. The maximum absolute atomic E-state index is 5.55. The molecule has 2 aromatic rings. The van der Waals surface area contributed by atoms with Crippen LogP contribution in [0.1, 0.15) is 10.4 Å². The average Bonchev–Trinajstić information content (AvgIpc) is 3.22. The Labute approximate surface area is 188 Å². The van der Waals surface area contributed by atoms with Crippen molar-refractivity contribution in [1.29, 1.82) is 0 Å². The van der Waals surface area contributed by atoms with E-state index in [1.165, 1.54) is 4.88 Å². The number of guanidine groups is 1. The second kappa shape index (κ2) is 12.7. The Hall–Kier alpha value is -1.68. The Morgan fingerprint density at radius 1 is 1.07 bits per heavy atom. The summed E-state index contributed by atoms with van der Waals surface area (Å²) in [5.41, 5.74) is 1.05. The van der Waals surface area contributed by atoms with Crippen LogP contribution in [0.3, 0.4) is 0 Å². The summed E-state index contributed by atoms with van der Waals surface area (Å²) in [5, 5.41) is 5.53. The van der Waals surface area contributed by atoms with Crippen LogP contribution >= 0.6 is 35.3 Å². The summed E-state index contributed by atoms with van der Waals surface area (Å²) in [5.74, 6) is 2.87. The fourth-order valence-electron chi connectivity index (χ4n) is 2.89. The van der Waals surface area contributed by atoms with Crippen LogP contribution in [0.25, 0.3) is 0 Å². The lowest BCUT2D eigenvalue weighted by Crippen LogP contribution is -2.40. The van der Waals surface area contributed by atoms with E-state index >= 15 is 0 Å². The van der Waals surface area contributed by atoms with Crippen molar-refractivity contribution < 1.29 is 14.2 Å². The molecule has 1 heterocycles. The smallest absolute Gasteiger partial charge is 0.203 e. The van der Waals surface area contributed by atoms with Crippen molar-refractivity contribution in [1.82, 2.24) is 10.2 Å². The fourth-order valence-corrected chi connectivity index (χ4v) is 3.59. The molecule has 0 bridgehead atoms. The van der Waals surface area contributed by atoms with Gasteiger partial charge in [0.15, 0.2) is 17.5 Å². The van der Waals surface area contributed by atoms with E-state index in [1.807, 2.05) is 12.1 Å². The number of aliphatic imine (C=N–C) groups is 1. The first-order chi connectivity index (χ1) is 13.1. The van der Waals surface area contributed by atoms with Gasteiger partial charge >= 0.3 is 0 Å². The third-order valence-corrected chi connectivity index (χ3v) is 5.25. The number of ether oxygens (including phenoxy) is 3. The molecule has 28 heavy (non-hydrogen) atoms. The van der Waals surface area contributed by atoms with Crippen molar-refractivity contribution in [3.05, 3.63) is 40.1 Å². The van der Waals surface area contributed by atoms with E-state index in [0.717, 1.165) is 37.5 Å². The number of benzene rings is 1. The van der Waals surface area contributed by atoms with E-state index in [-0.39, 0.29) is 24.0 Å². The van der Waals surface area contributed by atoms with Gasteiger partial charge in [-0.3, -0.25) is 4.99 Å². The van der Waals surface area contributed by atoms with Gasteiger partial charge in [0, 0.05) is 37.6 Å². The zero-order valence-electron chi connectivity index (χ0n) is 17.2. The Morgan fingerprint density at radius 3 is 2.39 bits per heavy atom. The minimum atomic E-state index is 0. The molecule has 0 aliphatic heterocycles. The molecule has 0 amide bonds. The van der Waals surface area contributed by atoms with Crippen molar-refractivity contribution in [3.8, 4) is 17.2 Å². The highest BCUT2D eigenvalue weighted by Crippen LogP contribution is 2.39. The normalized spacial score (nSPS) is 10.8. The van der Waals surface area contributed by atoms with Crippen LogP contribution in [0, 0.1) is 0 Å². The summed E-state index contributed by atoms with van der Waals surface area (Å²) in [7, 11) is 8.74. The summed E-state index contributed by atoms with van der Waals surface area (Å²) < 4.78 is 16.3. The van der Waals surface area contributed by atoms with Crippen LogP contribution in [0.2, 0.25) is 0 Å². The van der Waals surface area contributed by atoms with Crippen molar-refractivity contribution in [2.45, 2.75) is 12.8 Å². The highest BCUT2D eigenvalue weighted by molar-refractivity contribution is 14.0. The molecule has 2 rings (SSSR count). The van der Waals surface area contributed by atoms with Gasteiger partial charge in [-0.15, -0.1) is 35.3 Å². The maximum Gasteiger partial charge on any atom is 0.203 e. The lowest BCUT2D eigenvalue weighted by atomic mass is 10.1. The first-order valence-electron chi connectivity index (χ1n) is 8.86. The molecule has 1 N–H and O–H groups in total. The molecule has 8 heteroatoms. The Bertz CT molecular complexity index is 739. The molecule has 0 aliphatic rings. The molecule has 0 aliphatic carbocycles. The number of thiophene rings is 1. The number of hydrogen-bond acceptors (Lipinski definition) is 5. The van der Waals surface area contributed by atoms with Gasteiger partial charge in [0.25, 0.3) is 0 Å². The molecule has 0 unspecified atom stereocenters. The van der Waals surface area contributed by atoms with Crippen LogP contribution in [0.15, 0.2) is 34.6 Å². The van der Waals surface area contributed by atoms with E-state index in [0.29, 0.717) is 17.2 Å². The molecule has 6 nitrogen and oxygen atoms in total. The van der Waals surface area contributed by atoms with Crippen molar-refractivity contribution in [2.24, 2.45) is 4.99 Å². The molecule has 0 fully saturated rings. The standard InChI is InChI=1S/C20H29N3O3S.HI/c1-21-20(23(2)13-11-16-7-6-14-27-16)22-12-10-15-8-9-17(24-3)19(26-5)18(15)25-4;/h6-9,14H,10-13H2,1-5H3,(H,21,22);1H. The van der Waals surface area contributed by atoms with Crippen LogP contribution < -0.4 is 19.5 Å². The van der Waals surface area contributed by atoms with Crippen molar-refractivity contribution >= 4 is 41.3 Å². The van der Waals surface area contributed by atoms with Crippen molar-refractivity contribution in [3.63, 3.8) is 0 Å². The van der Waals surface area contributed by atoms with Gasteiger partial charge < -0.3 is 24.4 Å². The molecule has 156 valence electrons. The molecule has 0 spiro atoms. The van der Waals surface area contributed by atoms with Crippen molar-refractivity contribution in [2.75, 3.05) is 48.5 Å². The van der Waals surface area contributed by atoms with Gasteiger partial charge in [0.1, 0.15) is 0 Å². The summed E-state index contributed by atoms with van der Waals surface area (Å²) in [4.78, 5) is 7.91. The quantitative estimate of drug-likeness (QED) is 0.311. The maximum atomic E-state index is 5.55. The molecule has 0 radical (unpaired) electrons. The minimum Gasteiger partial charge on any atom is -0.493 e. The Morgan fingerprint density at radius 2 is 1.82 bits per heavy atom. The van der Waals surface area contributed by atoms with E-state index in [2.05, 4.69) is 39.8 Å². The Balaban J connectivity index is 0.00000392. The molecule has 0 saturated heterocycles. The Kier molecular flexibility index (Phi) is 11.1. The third-order valence-electron chi connectivity index (χ3n) is 4.31. The highest BCUT2D eigenvalue weighted by Gasteiger charge is 2.15. The van der Waals surface area contributed by atoms with Crippen LogP contribution in [0.4, 0.5) is 0 Å². The van der Waals surface area contributed by atoms with Crippen LogP contribution in [-0.2, 0) is 12.8 Å². The highest BCUT2D eigenvalue weighted by atomic mass is 127. The summed E-state index contributed by atoms with van der Waals surface area (Å²) in [6, 6.07) is 8.16. The van der Waals surface area contributed by atoms with Crippen LogP contribution in [0.5, 0.6) is 17.2 Å². The number of rotatable bonds is 9. The van der Waals surface area contributed by atoms with E-state index in [9.17, 15) is 0 Å². The second-order valence-electron chi connectivity index (χ2n) is 5.97. The average molecular weight is 519 g/mol. The summed E-state index contributed by atoms with van der Waals surface area (Å²) in [6.07, 6.45) is 1.79. The lowest BCUT2D eigenvalue weighted by Gasteiger charge is -2.22. The largest absolute Gasteiger partial charge is 0.493 e. The third kappa shape index (κ3) is 6.44. The number of nitrogens with one attached hydrogen (secondary N) is 1. The van der Waals surface area contributed by atoms with Gasteiger partial charge in [-0.25, -0.2) is 0 Å². The number of methoxy groups -OCH3 is 3.